The summed E-state index contributed by atoms with van der Waals surface area (Å²) in [7, 11) is 0. The van der Waals surface area contributed by atoms with Crippen LogP contribution >= 0.6 is 11.6 Å². The number of fused-ring (bicyclic) bond motifs is 1. The summed E-state index contributed by atoms with van der Waals surface area (Å²) in [5.74, 6) is 0.610. The quantitative estimate of drug-likeness (QED) is 0.793. The third-order valence-electron chi connectivity index (χ3n) is 4.74. The van der Waals surface area contributed by atoms with E-state index in [1.54, 1.807) is 0 Å². The van der Waals surface area contributed by atoms with Crippen molar-refractivity contribution in [3.8, 4) is 6.07 Å². The minimum absolute atomic E-state index is 0.0823. The molecule has 3 nitrogen and oxygen atoms in total. The first-order valence-corrected chi connectivity index (χ1v) is 8.26. The molecule has 4 heteroatoms. The van der Waals surface area contributed by atoms with E-state index in [9.17, 15) is 5.26 Å². The van der Waals surface area contributed by atoms with Crippen molar-refractivity contribution in [1.82, 2.24) is 4.90 Å². The first kappa shape index (κ1) is 14.8. The van der Waals surface area contributed by atoms with Crippen LogP contribution in [0.1, 0.15) is 43.7 Å². The van der Waals surface area contributed by atoms with Crippen LogP contribution in [0.5, 0.6) is 0 Å². The predicted molar refractivity (Wildman–Crippen MR) is 82.9 cm³/mol. The Balaban J connectivity index is 1.92. The highest BCUT2D eigenvalue weighted by Gasteiger charge is 2.50. The molecular weight excluding hydrogens is 284 g/mol. The van der Waals surface area contributed by atoms with Gasteiger partial charge < -0.3 is 4.74 Å². The molecule has 1 aromatic carbocycles. The highest BCUT2D eigenvalue weighted by atomic mass is 35.5. The van der Waals surface area contributed by atoms with Crippen molar-refractivity contribution >= 4 is 11.6 Å². The molecule has 2 aliphatic heterocycles. The number of piperidine rings is 1. The van der Waals surface area contributed by atoms with Crippen LogP contribution in [0.4, 0.5) is 0 Å². The molecule has 0 aliphatic carbocycles. The molecule has 2 fully saturated rings. The van der Waals surface area contributed by atoms with Crippen LogP contribution in [0.15, 0.2) is 30.3 Å². The number of hydrogen-bond donors (Lipinski definition) is 0. The Labute approximate surface area is 131 Å². The molecule has 21 heavy (non-hydrogen) atoms. The van der Waals surface area contributed by atoms with Crippen LogP contribution in [0.3, 0.4) is 0 Å². The molecule has 0 bridgehead atoms. The first-order valence-electron chi connectivity index (χ1n) is 7.73. The van der Waals surface area contributed by atoms with Gasteiger partial charge in [0.05, 0.1) is 18.7 Å². The van der Waals surface area contributed by atoms with Gasteiger partial charge >= 0.3 is 0 Å². The Bertz CT molecular complexity index is 515. The minimum Gasteiger partial charge on any atom is -0.361 e. The molecule has 0 radical (unpaired) electrons. The van der Waals surface area contributed by atoms with Gasteiger partial charge in [-0.05, 0) is 37.7 Å². The van der Waals surface area contributed by atoms with Crippen molar-refractivity contribution < 1.29 is 4.74 Å². The maximum absolute atomic E-state index is 9.89. The van der Waals surface area contributed by atoms with Crippen LogP contribution in [0, 0.1) is 11.3 Å². The molecule has 2 saturated heterocycles. The van der Waals surface area contributed by atoms with Crippen LogP contribution < -0.4 is 0 Å². The minimum atomic E-state index is -0.422. The number of rotatable bonds is 4. The maximum atomic E-state index is 9.89. The molecule has 1 unspecified atom stereocenters. The Hall–Kier alpha value is -1.08. The molecule has 0 aromatic heterocycles. The molecule has 1 aromatic rings. The van der Waals surface area contributed by atoms with Gasteiger partial charge in [-0.15, -0.1) is 11.6 Å². The van der Waals surface area contributed by atoms with Crippen molar-refractivity contribution in [2.75, 3.05) is 12.5 Å². The summed E-state index contributed by atoms with van der Waals surface area (Å²) >= 11 is 5.88. The zero-order chi connectivity index (χ0) is 14.7. The fourth-order valence-corrected chi connectivity index (χ4v) is 3.91. The van der Waals surface area contributed by atoms with Gasteiger partial charge in [0.2, 0.25) is 0 Å². The summed E-state index contributed by atoms with van der Waals surface area (Å²) in [6.45, 7) is 0.680. The Morgan fingerprint density at radius 1 is 1.38 bits per heavy atom. The van der Waals surface area contributed by atoms with E-state index in [1.165, 1.54) is 5.56 Å². The largest absolute Gasteiger partial charge is 0.361 e. The normalized spacial score (nSPS) is 32.6. The van der Waals surface area contributed by atoms with Crippen LogP contribution in [-0.4, -0.2) is 29.2 Å². The zero-order valence-electron chi connectivity index (χ0n) is 12.2. The number of hydrogen-bond acceptors (Lipinski definition) is 3. The number of ether oxygens (including phenoxy) is 1. The third kappa shape index (κ3) is 2.68. The third-order valence-corrected chi connectivity index (χ3v) is 5.01. The number of benzene rings is 1. The number of nitriles is 1. The lowest BCUT2D eigenvalue weighted by atomic mass is 9.82. The summed E-state index contributed by atoms with van der Waals surface area (Å²) in [4.78, 5) is 2.33. The van der Waals surface area contributed by atoms with Gasteiger partial charge in [-0.2, -0.15) is 5.26 Å². The number of alkyl halides is 1. The fourth-order valence-electron chi connectivity index (χ4n) is 3.77. The first-order chi connectivity index (χ1) is 10.3. The monoisotopic (exact) mass is 304 g/mol. The van der Waals surface area contributed by atoms with Crippen molar-refractivity contribution in [3.63, 3.8) is 0 Å². The van der Waals surface area contributed by atoms with Gasteiger partial charge in [0.15, 0.2) is 0 Å². The average molecular weight is 305 g/mol. The highest BCUT2D eigenvalue weighted by Crippen LogP contribution is 2.45. The summed E-state index contributed by atoms with van der Waals surface area (Å²) in [5, 5.41) is 9.89. The van der Waals surface area contributed by atoms with Crippen LogP contribution in [-0.2, 0) is 4.74 Å². The lowest BCUT2D eigenvalue weighted by Crippen LogP contribution is -2.54. The number of halogens is 1. The second-order valence-electron chi connectivity index (χ2n) is 5.95. The molecule has 0 saturated carbocycles. The van der Waals surface area contributed by atoms with Gasteiger partial charge in [-0.1, -0.05) is 30.3 Å². The van der Waals surface area contributed by atoms with Crippen molar-refractivity contribution in [2.45, 2.75) is 49.9 Å². The van der Waals surface area contributed by atoms with E-state index in [-0.39, 0.29) is 12.3 Å². The molecule has 3 rings (SSSR count). The molecule has 0 N–H and O–H groups in total. The standard InChI is InChI=1S/C17H21ClN2O/c18-11-5-10-17(13-19)9-4-8-16-20(17)15(12-21-16)14-6-2-1-3-7-14/h1-3,6-7,15-16H,4-5,8-12H2/t15-,16?,17+/m0/s1. The lowest BCUT2D eigenvalue weighted by molar-refractivity contribution is -0.0548. The van der Waals surface area contributed by atoms with E-state index in [0.29, 0.717) is 12.5 Å². The maximum Gasteiger partial charge on any atom is 0.112 e. The van der Waals surface area contributed by atoms with Gasteiger partial charge in [-0.3, -0.25) is 4.90 Å². The van der Waals surface area contributed by atoms with Gasteiger partial charge in [0.25, 0.3) is 0 Å². The van der Waals surface area contributed by atoms with E-state index < -0.39 is 5.54 Å². The van der Waals surface area contributed by atoms with Gasteiger partial charge in [0, 0.05) is 5.88 Å². The van der Waals surface area contributed by atoms with Crippen molar-refractivity contribution in [2.24, 2.45) is 0 Å². The molecule has 0 amide bonds. The summed E-state index contributed by atoms with van der Waals surface area (Å²) in [5.41, 5.74) is 0.821. The Morgan fingerprint density at radius 3 is 2.90 bits per heavy atom. The van der Waals surface area contributed by atoms with E-state index >= 15 is 0 Å². The molecule has 0 spiro atoms. The second kappa shape index (κ2) is 6.36. The van der Waals surface area contributed by atoms with Crippen molar-refractivity contribution in [3.05, 3.63) is 35.9 Å². The van der Waals surface area contributed by atoms with Gasteiger partial charge in [-0.25, -0.2) is 0 Å². The van der Waals surface area contributed by atoms with E-state index in [0.717, 1.165) is 32.1 Å². The average Bonchev–Trinajstić information content (AvgIpc) is 2.99. The Kier molecular flexibility index (Phi) is 4.49. The molecule has 112 valence electrons. The lowest BCUT2D eigenvalue weighted by Gasteiger charge is -2.45. The second-order valence-corrected chi connectivity index (χ2v) is 6.33. The number of nitrogens with zero attached hydrogens (tertiary/aromatic N) is 2. The Morgan fingerprint density at radius 2 is 2.19 bits per heavy atom. The molecule has 2 aliphatic rings. The van der Waals surface area contributed by atoms with Crippen molar-refractivity contribution in [1.29, 1.82) is 5.26 Å². The molecular formula is C17H21ClN2O. The zero-order valence-corrected chi connectivity index (χ0v) is 12.9. The molecule has 2 heterocycles. The fraction of sp³-hybridized carbons (Fsp3) is 0.588. The summed E-state index contributed by atoms with van der Waals surface area (Å²) in [6.07, 6.45) is 4.78. The van der Waals surface area contributed by atoms with E-state index in [2.05, 4.69) is 35.2 Å². The summed E-state index contributed by atoms with van der Waals surface area (Å²) < 4.78 is 6.00. The van der Waals surface area contributed by atoms with E-state index in [4.69, 9.17) is 16.3 Å². The smallest absolute Gasteiger partial charge is 0.112 e. The van der Waals surface area contributed by atoms with Crippen LogP contribution in [0.2, 0.25) is 0 Å². The topological polar surface area (TPSA) is 36.3 Å². The van der Waals surface area contributed by atoms with E-state index in [1.807, 2.05) is 6.07 Å². The van der Waals surface area contributed by atoms with Crippen LogP contribution in [0.25, 0.3) is 0 Å². The van der Waals surface area contributed by atoms with Gasteiger partial charge in [0.1, 0.15) is 11.8 Å². The SMILES string of the molecule is N#C[C@]1(CCCCl)CCCC2OC[C@@H](c3ccccc3)N21. The highest BCUT2D eigenvalue weighted by molar-refractivity contribution is 6.17. The summed E-state index contributed by atoms with van der Waals surface area (Å²) in [6, 6.07) is 13.2. The predicted octanol–water partition coefficient (Wildman–Crippen LogP) is 3.85. The molecule has 3 atom stereocenters.